The standard InChI is InChI=1S/C18H25N3O3/c19-16-8-11-21(12-16)17(22)15-6-9-20(10-7-15)18(23)24-13-14-4-2-1-3-5-14/h1-5,15-16H,6-13,19H2. The quantitative estimate of drug-likeness (QED) is 0.913. The van der Waals surface area contributed by atoms with Crippen LogP contribution in [0.2, 0.25) is 0 Å². The highest BCUT2D eigenvalue weighted by Gasteiger charge is 2.33. The van der Waals surface area contributed by atoms with Crippen molar-refractivity contribution in [2.24, 2.45) is 11.7 Å². The van der Waals surface area contributed by atoms with E-state index in [1.165, 1.54) is 0 Å². The Bertz CT molecular complexity index is 570. The molecule has 130 valence electrons. The van der Waals surface area contributed by atoms with Crippen molar-refractivity contribution in [1.82, 2.24) is 9.80 Å². The Morgan fingerprint density at radius 2 is 1.71 bits per heavy atom. The van der Waals surface area contributed by atoms with Crippen molar-refractivity contribution in [3.63, 3.8) is 0 Å². The van der Waals surface area contributed by atoms with Gasteiger partial charge in [-0.1, -0.05) is 30.3 Å². The average Bonchev–Trinajstić information content (AvgIpc) is 3.06. The van der Waals surface area contributed by atoms with Crippen LogP contribution in [0.5, 0.6) is 0 Å². The molecule has 1 aromatic rings. The molecule has 2 heterocycles. The summed E-state index contributed by atoms with van der Waals surface area (Å²) in [5, 5.41) is 0. The molecule has 1 atom stereocenters. The van der Waals surface area contributed by atoms with Gasteiger partial charge >= 0.3 is 6.09 Å². The maximum absolute atomic E-state index is 12.5. The van der Waals surface area contributed by atoms with E-state index >= 15 is 0 Å². The van der Waals surface area contributed by atoms with Crippen LogP contribution < -0.4 is 5.73 Å². The minimum Gasteiger partial charge on any atom is -0.445 e. The zero-order valence-corrected chi connectivity index (χ0v) is 13.9. The molecule has 6 heteroatoms. The summed E-state index contributed by atoms with van der Waals surface area (Å²) in [6, 6.07) is 9.75. The highest BCUT2D eigenvalue weighted by molar-refractivity contribution is 5.79. The van der Waals surface area contributed by atoms with Gasteiger partial charge in [-0.05, 0) is 24.8 Å². The average molecular weight is 331 g/mol. The van der Waals surface area contributed by atoms with Crippen LogP contribution in [0.1, 0.15) is 24.8 Å². The summed E-state index contributed by atoms with van der Waals surface area (Å²) >= 11 is 0. The number of hydrogen-bond donors (Lipinski definition) is 1. The topological polar surface area (TPSA) is 75.9 Å². The van der Waals surface area contributed by atoms with Crippen molar-refractivity contribution in [3.8, 4) is 0 Å². The number of amides is 2. The van der Waals surface area contributed by atoms with Gasteiger partial charge in [0, 0.05) is 38.1 Å². The molecule has 0 radical (unpaired) electrons. The molecule has 24 heavy (non-hydrogen) atoms. The number of benzene rings is 1. The minimum atomic E-state index is -0.298. The first-order valence-corrected chi connectivity index (χ1v) is 8.63. The largest absolute Gasteiger partial charge is 0.445 e. The Morgan fingerprint density at radius 1 is 1.04 bits per heavy atom. The Labute approximate surface area is 142 Å². The molecule has 0 aromatic heterocycles. The van der Waals surface area contributed by atoms with Gasteiger partial charge in [-0.15, -0.1) is 0 Å². The molecule has 0 saturated carbocycles. The minimum absolute atomic E-state index is 0.00785. The maximum atomic E-state index is 12.5. The second-order valence-corrected chi connectivity index (χ2v) is 6.63. The number of nitrogens with two attached hydrogens (primary N) is 1. The molecule has 2 aliphatic rings. The highest BCUT2D eigenvalue weighted by Crippen LogP contribution is 2.22. The fourth-order valence-corrected chi connectivity index (χ4v) is 3.37. The summed E-state index contributed by atoms with van der Waals surface area (Å²) in [7, 11) is 0. The van der Waals surface area contributed by atoms with Crippen molar-refractivity contribution in [1.29, 1.82) is 0 Å². The van der Waals surface area contributed by atoms with E-state index in [0.29, 0.717) is 32.5 Å². The van der Waals surface area contributed by atoms with Crippen molar-refractivity contribution in [3.05, 3.63) is 35.9 Å². The molecule has 2 N–H and O–H groups in total. The van der Waals surface area contributed by atoms with E-state index in [-0.39, 0.29) is 30.6 Å². The molecule has 1 aromatic carbocycles. The molecule has 2 saturated heterocycles. The Hall–Kier alpha value is -2.08. The number of carbonyl (C=O) groups is 2. The molecule has 0 bridgehead atoms. The molecule has 0 spiro atoms. The smallest absolute Gasteiger partial charge is 0.410 e. The maximum Gasteiger partial charge on any atom is 0.410 e. The molecule has 0 aliphatic carbocycles. The predicted octanol–water partition coefficient (Wildman–Crippen LogP) is 1.59. The summed E-state index contributed by atoms with van der Waals surface area (Å²) in [6.45, 7) is 2.86. The number of rotatable bonds is 3. The molecule has 6 nitrogen and oxygen atoms in total. The van der Waals surface area contributed by atoms with Gasteiger partial charge in [-0.25, -0.2) is 4.79 Å². The van der Waals surface area contributed by atoms with Gasteiger partial charge in [0.15, 0.2) is 0 Å². The van der Waals surface area contributed by atoms with Gasteiger partial charge in [0.1, 0.15) is 6.61 Å². The van der Waals surface area contributed by atoms with E-state index in [1.807, 2.05) is 35.2 Å². The lowest BCUT2D eigenvalue weighted by molar-refractivity contribution is -0.135. The second-order valence-electron chi connectivity index (χ2n) is 6.63. The van der Waals surface area contributed by atoms with E-state index < -0.39 is 0 Å². The zero-order valence-electron chi connectivity index (χ0n) is 13.9. The first kappa shape index (κ1) is 16.8. The molecular formula is C18H25N3O3. The summed E-state index contributed by atoms with van der Waals surface area (Å²) in [5.41, 5.74) is 6.85. The molecule has 3 rings (SSSR count). The van der Waals surface area contributed by atoms with Gasteiger partial charge < -0.3 is 20.3 Å². The zero-order chi connectivity index (χ0) is 16.9. The van der Waals surface area contributed by atoms with E-state index in [1.54, 1.807) is 4.90 Å². The first-order valence-electron chi connectivity index (χ1n) is 8.63. The normalized spacial score (nSPS) is 21.8. The van der Waals surface area contributed by atoms with Crippen LogP contribution >= 0.6 is 0 Å². The SMILES string of the molecule is NC1CCN(C(=O)C2CCN(C(=O)OCc3ccccc3)CC2)C1. The molecule has 1 unspecified atom stereocenters. The van der Waals surface area contributed by atoms with Crippen LogP contribution in [0, 0.1) is 5.92 Å². The number of hydrogen-bond acceptors (Lipinski definition) is 4. The highest BCUT2D eigenvalue weighted by atomic mass is 16.6. The number of nitrogens with zero attached hydrogens (tertiary/aromatic N) is 2. The lowest BCUT2D eigenvalue weighted by Crippen LogP contribution is -2.44. The van der Waals surface area contributed by atoms with Crippen molar-refractivity contribution in [2.45, 2.75) is 31.9 Å². The van der Waals surface area contributed by atoms with Crippen LogP contribution in [0.4, 0.5) is 4.79 Å². The van der Waals surface area contributed by atoms with Gasteiger partial charge in [0.05, 0.1) is 0 Å². The third kappa shape index (κ3) is 4.06. The van der Waals surface area contributed by atoms with E-state index in [4.69, 9.17) is 10.5 Å². The van der Waals surface area contributed by atoms with Crippen LogP contribution in [0.15, 0.2) is 30.3 Å². The third-order valence-electron chi connectivity index (χ3n) is 4.84. The van der Waals surface area contributed by atoms with Crippen LogP contribution in [0.3, 0.4) is 0 Å². The van der Waals surface area contributed by atoms with Crippen LogP contribution in [-0.2, 0) is 16.1 Å². The van der Waals surface area contributed by atoms with Gasteiger partial charge in [-0.3, -0.25) is 4.79 Å². The van der Waals surface area contributed by atoms with Crippen LogP contribution in [-0.4, -0.2) is 54.0 Å². The van der Waals surface area contributed by atoms with E-state index in [9.17, 15) is 9.59 Å². The number of likely N-dealkylation sites (tertiary alicyclic amines) is 2. The first-order chi connectivity index (χ1) is 11.6. The van der Waals surface area contributed by atoms with Crippen molar-refractivity contribution >= 4 is 12.0 Å². The lowest BCUT2D eigenvalue weighted by Gasteiger charge is -2.32. The van der Waals surface area contributed by atoms with Gasteiger partial charge in [0.25, 0.3) is 0 Å². The Balaban J connectivity index is 1.43. The van der Waals surface area contributed by atoms with Gasteiger partial charge in [-0.2, -0.15) is 0 Å². The molecular weight excluding hydrogens is 306 g/mol. The van der Waals surface area contributed by atoms with Gasteiger partial charge in [0.2, 0.25) is 5.91 Å². The third-order valence-corrected chi connectivity index (χ3v) is 4.84. The fraction of sp³-hybridized carbons (Fsp3) is 0.556. The second kappa shape index (κ2) is 7.66. The number of carbonyl (C=O) groups excluding carboxylic acids is 2. The summed E-state index contributed by atoms with van der Waals surface area (Å²) < 4.78 is 5.35. The Morgan fingerprint density at radius 3 is 2.33 bits per heavy atom. The lowest BCUT2D eigenvalue weighted by atomic mass is 9.95. The molecule has 2 fully saturated rings. The molecule has 2 amide bonds. The Kier molecular flexibility index (Phi) is 5.35. The number of piperidine rings is 1. The molecule has 2 aliphatic heterocycles. The summed E-state index contributed by atoms with van der Waals surface area (Å²) in [5.74, 6) is 0.203. The van der Waals surface area contributed by atoms with E-state index in [2.05, 4.69) is 0 Å². The van der Waals surface area contributed by atoms with Crippen molar-refractivity contribution in [2.75, 3.05) is 26.2 Å². The summed E-state index contributed by atoms with van der Waals surface area (Å²) in [4.78, 5) is 28.2. The number of ether oxygens (including phenoxy) is 1. The predicted molar refractivity (Wildman–Crippen MR) is 90.1 cm³/mol. The van der Waals surface area contributed by atoms with E-state index in [0.717, 1.165) is 18.5 Å². The van der Waals surface area contributed by atoms with Crippen molar-refractivity contribution < 1.29 is 14.3 Å². The van der Waals surface area contributed by atoms with Crippen LogP contribution in [0.25, 0.3) is 0 Å². The monoisotopic (exact) mass is 331 g/mol. The fourth-order valence-electron chi connectivity index (χ4n) is 3.37. The summed E-state index contributed by atoms with van der Waals surface area (Å²) in [6.07, 6.45) is 1.99.